The number of nitrogens with zero attached hydrogens (tertiary/aromatic N) is 2. The Hall–Kier alpha value is -5.44. The maximum atomic E-state index is 12.2. The molecule has 308 valence electrons. The first kappa shape index (κ1) is 44.3. The number of fused-ring (bicyclic) bond motifs is 1. The van der Waals surface area contributed by atoms with Gasteiger partial charge in [-0.25, -0.2) is 0 Å². The second-order valence-electron chi connectivity index (χ2n) is 12.7. The van der Waals surface area contributed by atoms with Crippen LogP contribution in [0.5, 0.6) is 23.0 Å². The van der Waals surface area contributed by atoms with Crippen molar-refractivity contribution in [3.63, 3.8) is 0 Å². The Morgan fingerprint density at radius 2 is 0.860 bits per heavy atom. The third kappa shape index (κ3) is 14.2. The third-order valence-electron chi connectivity index (χ3n) is 8.03. The number of esters is 4. The summed E-state index contributed by atoms with van der Waals surface area (Å²) in [5, 5.41) is 4.52. The Bertz CT molecular complexity index is 1780. The molecule has 0 saturated carbocycles. The van der Waals surface area contributed by atoms with E-state index in [9.17, 15) is 19.2 Å². The number of benzene rings is 3. The van der Waals surface area contributed by atoms with Crippen LogP contribution in [-0.4, -0.2) is 86.3 Å². The largest absolute Gasteiger partial charge is 0.493 e. The number of ether oxygens (including phenoxy) is 8. The molecule has 0 fully saturated rings. The molecule has 4 rings (SSSR count). The lowest BCUT2D eigenvalue weighted by molar-refractivity contribution is -0.145. The van der Waals surface area contributed by atoms with E-state index >= 15 is 0 Å². The van der Waals surface area contributed by atoms with Gasteiger partial charge in [0.2, 0.25) is 0 Å². The molecule has 0 bridgehead atoms. The van der Waals surface area contributed by atoms with Crippen LogP contribution >= 0.6 is 11.5 Å². The molecular weight excluding hydrogens is 757 g/mol. The van der Waals surface area contributed by atoms with Gasteiger partial charge in [0, 0.05) is 22.3 Å². The Morgan fingerprint density at radius 1 is 0.474 bits per heavy atom. The molecule has 0 radical (unpaired) electrons. The van der Waals surface area contributed by atoms with Crippen LogP contribution in [0.4, 0.5) is 0 Å². The van der Waals surface area contributed by atoms with Crippen molar-refractivity contribution in [3.05, 3.63) is 48.5 Å². The molecule has 0 unspecified atom stereocenters. The monoisotopic (exact) mass is 808 g/mol. The average Bonchev–Trinajstić information content (AvgIpc) is 3.71. The van der Waals surface area contributed by atoms with E-state index in [2.05, 4.69) is 9.59 Å². The quantitative estimate of drug-likeness (QED) is 0.0443. The molecule has 0 saturated heterocycles. The normalized spacial score (nSPS) is 10.8. The molecule has 0 aliphatic heterocycles. The van der Waals surface area contributed by atoms with Crippen molar-refractivity contribution in [1.82, 2.24) is 9.59 Å². The predicted molar refractivity (Wildman–Crippen MR) is 214 cm³/mol. The van der Waals surface area contributed by atoms with Gasteiger partial charge in [-0.2, -0.15) is 0 Å². The van der Waals surface area contributed by atoms with Gasteiger partial charge in [0.25, 0.3) is 0 Å². The van der Waals surface area contributed by atoms with Crippen LogP contribution < -0.4 is 18.9 Å². The van der Waals surface area contributed by atoms with E-state index in [1.165, 1.54) is 11.5 Å². The molecule has 0 spiro atoms. The Labute approximate surface area is 337 Å². The van der Waals surface area contributed by atoms with E-state index < -0.39 is 0 Å². The van der Waals surface area contributed by atoms with Gasteiger partial charge in [-0.05, 0) is 73.6 Å². The summed E-state index contributed by atoms with van der Waals surface area (Å²) in [5.41, 5.74) is 3.25. The van der Waals surface area contributed by atoms with Gasteiger partial charge in [-0.1, -0.05) is 44.3 Å². The van der Waals surface area contributed by atoms with Gasteiger partial charge in [0.15, 0.2) is 0 Å². The van der Waals surface area contributed by atoms with Crippen LogP contribution in [0.25, 0.3) is 32.5 Å². The van der Waals surface area contributed by atoms with Crippen LogP contribution in [0.2, 0.25) is 0 Å². The molecule has 4 aromatic rings. The number of carbonyl (C=O) groups is 4. The summed E-state index contributed by atoms with van der Waals surface area (Å²) >= 11 is 1.18. The van der Waals surface area contributed by atoms with Crippen molar-refractivity contribution < 1.29 is 57.1 Å². The van der Waals surface area contributed by atoms with E-state index in [4.69, 9.17) is 37.9 Å². The summed E-state index contributed by atoms with van der Waals surface area (Å²) < 4.78 is 50.0. The molecule has 0 N–H and O–H groups in total. The Kier molecular flexibility index (Phi) is 18.8. The molecular formula is C42H52N2O12S. The zero-order chi connectivity index (χ0) is 40.8. The second-order valence-corrected chi connectivity index (χ2v) is 13.5. The summed E-state index contributed by atoms with van der Waals surface area (Å²) in [6.07, 6.45) is 3.18. The number of aromatic nitrogens is 2. The molecule has 57 heavy (non-hydrogen) atoms. The van der Waals surface area contributed by atoms with Crippen LogP contribution in [0.3, 0.4) is 0 Å². The summed E-state index contributed by atoms with van der Waals surface area (Å²) in [7, 11) is 0. The molecule has 1 aromatic heterocycles. The highest BCUT2D eigenvalue weighted by molar-refractivity contribution is 7.13. The van der Waals surface area contributed by atoms with Crippen molar-refractivity contribution in [2.24, 2.45) is 0 Å². The molecule has 0 aliphatic rings. The molecule has 1 heterocycles. The lowest BCUT2D eigenvalue weighted by Crippen LogP contribution is -2.11. The van der Waals surface area contributed by atoms with E-state index in [0.29, 0.717) is 71.6 Å². The average molecular weight is 809 g/mol. The lowest BCUT2D eigenvalue weighted by Gasteiger charge is -2.17. The fraction of sp³-hybridized carbons (Fsp3) is 0.476. The molecule has 14 nitrogen and oxygen atoms in total. The van der Waals surface area contributed by atoms with Crippen LogP contribution in [-0.2, 0) is 38.1 Å². The summed E-state index contributed by atoms with van der Waals surface area (Å²) in [6.45, 7) is 9.45. The standard InChI is InChI=1S/C42H52N2O12S/c1-5-19-53-37(45)15-23-49-29-9-13-35(51-25-17-39(47)55-21-7-3)33(27-29)31-11-12-32(42-41(31)43-44-57-42)34-28-30(50-24-16-38(46)54-20-6-2)10-14-36(34)52-26-18-40(48)56-22-8-4/h9-14,27-28H,5-8,15-26H2,1-4H3. The van der Waals surface area contributed by atoms with Gasteiger partial charge in [-0.15, -0.1) is 5.10 Å². The SMILES string of the molecule is CCCOC(=O)CCOc1ccc(OCCC(=O)OCCC)c(-c2ccc(-c3cc(OCCC(=O)OCCC)ccc3OCCC(=O)OCCC)c3snnc23)c1. The predicted octanol–water partition coefficient (Wildman–Crippen LogP) is 7.91. The highest BCUT2D eigenvalue weighted by Gasteiger charge is 2.21. The van der Waals surface area contributed by atoms with Crippen molar-refractivity contribution in [3.8, 4) is 45.3 Å². The van der Waals surface area contributed by atoms with E-state index in [1.54, 1.807) is 30.3 Å². The van der Waals surface area contributed by atoms with Crippen molar-refractivity contribution in [2.45, 2.75) is 79.1 Å². The summed E-state index contributed by atoms with van der Waals surface area (Å²) in [4.78, 5) is 48.7. The lowest BCUT2D eigenvalue weighted by atomic mass is 9.97. The molecule has 0 aliphatic carbocycles. The second kappa shape index (κ2) is 24.3. The maximum Gasteiger partial charge on any atom is 0.309 e. The van der Waals surface area contributed by atoms with Gasteiger partial charge in [0.05, 0.1) is 83.2 Å². The molecule has 0 atom stereocenters. The smallest absolute Gasteiger partial charge is 0.309 e. The number of rotatable bonds is 26. The highest BCUT2D eigenvalue weighted by Crippen LogP contribution is 2.44. The minimum absolute atomic E-state index is 0.0571. The van der Waals surface area contributed by atoms with E-state index in [-0.39, 0.29) is 76.0 Å². The van der Waals surface area contributed by atoms with Gasteiger partial charge < -0.3 is 37.9 Å². The van der Waals surface area contributed by atoms with Crippen molar-refractivity contribution in [1.29, 1.82) is 0 Å². The van der Waals surface area contributed by atoms with Crippen LogP contribution in [0.1, 0.15) is 79.1 Å². The van der Waals surface area contributed by atoms with Crippen molar-refractivity contribution in [2.75, 3.05) is 52.9 Å². The van der Waals surface area contributed by atoms with Crippen LogP contribution in [0.15, 0.2) is 48.5 Å². The topological polar surface area (TPSA) is 168 Å². The fourth-order valence-electron chi connectivity index (χ4n) is 5.31. The maximum absolute atomic E-state index is 12.2. The Balaban J connectivity index is 1.68. The third-order valence-corrected chi connectivity index (χ3v) is 8.79. The van der Waals surface area contributed by atoms with E-state index in [0.717, 1.165) is 35.9 Å². The Morgan fingerprint density at radius 3 is 1.28 bits per heavy atom. The molecule has 0 amide bonds. The van der Waals surface area contributed by atoms with Crippen LogP contribution in [0, 0.1) is 0 Å². The molecule has 15 heteroatoms. The van der Waals surface area contributed by atoms with Gasteiger partial charge >= 0.3 is 23.9 Å². The van der Waals surface area contributed by atoms with Crippen molar-refractivity contribution >= 4 is 45.6 Å². The molecule has 3 aromatic carbocycles. The minimum atomic E-state index is -0.359. The number of carbonyl (C=O) groups excluding carboxylic acids is 4. The summed E-state index contributed by atoms with van der Waals surface area (Å²) in [5.74, 6) is 0.538. The summed E-state index contributed by atoms with van der Waals surface area (Å²) in [6, 6.07) is 14.3. The minimum Gasteiger partial charge on any atom is -0.493 e. The zero-order valence-electron chi connectivity index (χ0n) is 33.1. The first-order valence-corrected chi connectivity index (χ1v) is 20.2. The fourth-order valence-corrected chi connectivity index (χ4v) is 6.03. The highest BCUT2D eigenvalue weighted by atomic mass is 32.1. The first-order chi connectivity index (χ1) is 27.8. The zero-order valence-corrected chi connectivity index (χ0v) is 34.0. The van der Waals surface area contributed by atoms with Gasteiger partial charge in [0.1, 0.15) is 28.5 Å². The van der Waals surface area contributed by atoms with E-state index in [1.807, 2.05) is 45.9 Å². The number of hydrogen-bond donors (Lipinski definition) is 0. The first-order valence-electron chi connectivity index (χ1n) is 19.4. The van der Waals surface area contributed by atoms with Gasteiger partial charge in [-0.3, -0.25) is 19.2 Å². The number of hydrogen-bond acceptors (Lipinski definition) is 15.